The first-order valence-corrected chi connectivity index (χ1v) is 7.85. The Kier molecular flexibility index (Phi) is 2.37. The summed E-state index contributed by atoms with van der Waals surface area (Å²) in [6.45, 7) is 2.09. The van der Waals surface area contributed by atoms with Crippen LogP contribution in [0.4, 0.5) is 0 Å². The molecule has 112 valence electrons. The number of H-pyrrole nitrogens is 1. The largest absolute Gasteiger partial charge is 0.352 e. The molecule has 5 rings (SSSR count). The van der Waals surface area contributed by atoms with Crippen molar-refractivity contribution < 1.29 is 0 Å². The summed E-state index contributed by atoms with van der Waals surface area (Å²) in [6, 6.07) is 15.9. The van der Waals surface area contributed by atoms with Crippen LogP contribution in [0.15, 0.2) is 53.3 Å². The molecule has 1 unspecified atom stereocenters. The summed E-state index contributed by atoms with van der Waals surface area (Å²) < 4.78 is 1.83. The molecule has 1 N–H and O–H groups in total. The first kappa shape index (κ1) is 12.6. The van der Waals surface area contributed by atoms with Crippen LogP contribution >= 0.6 is 0 Å². The Morgan fingerprint density at radius 1 is 1.09 bits per heavy atom. The lowest BCUT2D eigenvalue weighted by Gasteiger charge is -2.24. The summed E-state index contributed by atoms with van der Waals surface area (Å²) >= 11 is 0. The van der Waals surface area contributed by atoms with Gasteiger partial charge in [-0.1, -0.05) is 30.3 Å². The summed E-state index contributed by atoms with van der Waals surface area (Å²) in [4.78, 5) is 21.2. The molecule has 0 bridgehead atoms. The zero-order chi connectivity index (χ0) is 15.6. The Morgan fingerprint density at radius 2 is 1.83 bits per heavy atom. The summed E-state index contributed by atoms with van der Waals surface area (Å²) in [5.74, 6) is 0.749. The number of hydrogen-bond acceptors (Lipinski definition) is 2. The molecule has 0 spiro atoms. The van der Waals surface area contributed by atoms with E-state index >= 15 is 0 Å². The van der Waals surface area contributed by atoms with Crippen LogP contribution < -0.4 is 5.56 Å². The topological polar surface area (TPSA) is 50.7 Å². The van der Waals surface area contributed by atoms with E-state index in [0.717, 1.165) is 29.0 Å². The van der Waals surface area contributed by atoms with Gasteiger partial charge in [-0.15, -0.1) is 0 Å². The van der Waals surface area contributed by atoms with Crippen molar-refractivity contribution in [1.29, 1.82) is 0 Å². The minimum absolute atomic E-state index is 0.0439. The lowest BCUT2D eigenvalue weighted by atomic mass is 9.98. The fourth-order valence-corrected chi connectivity index (χ4v) is 3.72. The van der Waals surface area contributed by atoms with Crippen molar-refractivity contribution in [1.82, 2.24) is 14.5 Å². The number of para-hydroxylation sites is 2. The van der Waals surface area contributed by atoms with Gasteiger partial charge in [0.15, 0.2) is 5.82 Å². The maximum atomic E-state index is 12.9. The number of rotatable bonds is 0. The molecule has 2 aromatic carbocycles. The molecule has 2 aromatic heterocycles. The highest BCUT2D eigenvalue weighted by Crippen LogP contribution is 2.36. The standard InChI is InChI=1S/C19H15N3O/c1-11-10-14-12-6-2-4-8-15(12)20-17(14)18-21-16-9-5-3-7-13(16)19(23)22(11)18/h2-9,11,20H,10H2,1H3. The van der Waals surface area contributed by atoms with E-state index in [1.165, 1.54) is 10.9 Å². The molecule has 0 saturated heterocycles. The van der Waals surface area contributed by atoms with E-state index < -0.39 is 0 Å². The molecular weight excluding hydrogens is 286 g/mol. The van der Waals surface area contributed by atoms with E-state index in [4.69, 9.17) is 4.98 Å². The third-order valence-corrected chi connectivity index (χ3v) is 4.79. The molecule has 1 aliphatic heterocycles. The summed E-state index contributed by atoms with van der Waals surface area (Å²) in [5, 5.41) is 1.91. The van der Waals surface area contributed by atoms with Crippen LogP contribution in [0.25, 0.3) is 33.3 Å². The molecule has 0 radical (unpaired) electrons. The van der Waals surface area contributed by atoms with Gasteiger partial charge in [-0.3, -0.25) is 9.36 Å². The average molecular weight is 301 g/mol. The van der Waals surface area contributed by atoms with Crippen molar-refractivity contribution in [3.05, 3.63) is 64.4 Å². The van der Waals surface area contributed by atoms with Crippen LogP contribution in [0.5, 0.6) is 0 Å². The maximum absolute atomic E-state index is 12.9. The van der Waals surface area contributed by atoms with Crippen LogP contribution in [0, 0.1) is 0 Å². The number of benzene rings is 2. The number of aromatic nitrogens is 3. The van der Waals surface area contributed by atoms with E-state index in [9.17, 15) is 4.79 Å². The van der Waals surface area contributed by atoms with E-state index in [0.29, 0.717) is 5.39 Å². The van der Waals surface area contributed by atoms with Gasteiger partial charge in [0, 0.05) is 16.9 Å². The monoisotopic (exact) mass is 301 g/mol. The van der Waals surface area contributed by atoms with Crippen molar-refractivity contribution in [3.63, 3.8) is 0 Å². The van der Waals surface area contributed by atoms with Gasteiger partial charge in [0.1, 0.15) is 0 Å². The Bertz CT molecular complexity index is 1140. The highest BCUT2D eigenvalue weighted by Gasteiger charge is 2.27. The molecule has 1 atom stereocenters. The molecule has 4 aromatic rings. The van der Waals surface area contributed by atoms with Crippen molar-refractivity contribution in [2.45, 2.75) is 19.4 Å². The van der Waals surface area contributed by atoms with Crippen molar-refractivity contribution in [2.75, 3.05) is 0 Å². The van der Waals surface area contributed by atoms with Gasteiger partial charge >= 0.3 is 0 Å². The van der Waals surface area contributed by atoms with E-state index in [1.807, 2.05) is 34.9 Å². The SMILES string of the molecule is CC1Cc2c([nH]c3ccccc23)-c2nc3ccccc3c(=O)n21. The molecule has 0 saturated carbocycles. The highest BCUT2D eigenvalue weighted by molar-refractivity contribution is 5.91. The summed E-state index contributed by atoms with van der Waals surface area (Å²) in [5.41, 5.74) is 4.13. The second-order valence-corrected chi connectivity index (χ2v) is 6.20. The Balaban J connectivity index is 1.95. The van der Waals surface area contributed by atoms with Gasteiger partial charge in [-0.2, -0.15) is 0 Å². The smallest absolute Gasteiger partial charge is 0.261 e. The number of nitrogens with zero attached hydrogens (tertiary/aromatic N) is 2. The molecule has 0 amide bonds. The third kappa shape index (κ3) is 1.60. The fraction of sp³-hybridized carbons (Fsp3) is 0.158. The molecule has 1 aliphatic rings. The maximum Gasteiger partial charge on any atom is 0.261 e. The van der Waals surface area contributed by atoms with Crippen LogP contribution in [0.3, 0.4) is 0 Å². The summed E-state index contributed by atoms with van der Waals surface area (Å²) in [7, 11) is 0. The predicted octanol–water partition coefficient (Wildman–Crippen LogP) is 3.66. The van der Waals surface area contributed by atoms with Crippen LogP contribution in [0.2, 0.25) is 0 Å². The Labute approximate surface area is 132 Å². The van der Waals surface area contributed by atoms with Crippen molar-refractivity contribution >= 4 is 21.8 Å². The van der Waals surface area contributed by atoms with E-state index in [2.05, 4.69) is 30.1 Å². The highest BCUT2D eigenvalue weighted by atomic mass is 16.1. The quantitative estimate of drug-likeness (QED) is 0.539. The molecular formula is C19H15N3O. The number of fused-ring (bicyclic) bond motifs is 6. The Morgan fingerprint density at radius 3 is 2.70 bits per heavy atom. The van der Waals surface area contributed by atoms with Crippen LogP contribution in [-0.4, -0.2) is 14.5 Å². The van der Waals surface area contributed by atoms with Crippen molar-refractivity contribution in [3.8, 4) is 11.5 Å². The van der Waals surface area contributed by atoms with E-state index in [1.54, 1.807) is 0 Å². The number of hydrogen-bond donors (Lipinski definition) is 1. The molecule has 0 fully saturated rings. The molecule has 3 heterocycles. The lowest BCUT2D eigenvalue weighted by molar-refractivity contribution is 0.517. The fourth-order valence-electron chi connectivity index (χ4n) is 3.72. The third-order valence-electron chi connectivity index (χ3n) is 4.79. The van der Waals surface area contributed by atoms with Gasteiger partial charge < -0.3 is 4.98 Å². The van der Waals surface area contributed by atoms with Gasteiger partial charge in [0.25, 0.3) is 5.56 Å². The van der Waals surface area contributed by atoms with E-state index in [-0.39, 0.29) is 11.6 Å². The van der Waals surface area contributed by atoms with Gasteiger partial charge in [-0.25, -0.2) is 4.98 Å². The van der Waals surface area contributed by atoms with Gasteiger partial charge in [0.2, 0.25) is 0 Å². The van der Waals surface area contributed by atoms with Crippen molar-refractivity contribution in [2.24, 2.45) is 0 Å². The summed E-state index contributed by atoms with van der Waals surface area (Å²) in [6.07, 6.45) is 0.840. The molecule has 4 nitrogen and oxygen atoms in total. The first-order chi connectivity index (χ1) is 11.2. The van der Waals surface area contributed by atoms with Crippen LogP contribution in [-0.2, 0) is 6.42 Å². The predicted molar refractivity (Wildman–Crippen MR) is 91.7 cm³/mol. The van der Waals surface area contributed by atoms with Gasteiger partial charge in [-0.05, 0) is 37.1 Å². The second-order valence-electron chi connectivity index (χ2n) is 6.20. The first-order valence-electron chi connectivity index (χ1n) is 7.85. The number of aromatic amines is 1. The zero-order valence-electron chi connectivity index (χ0n) is 12.7. The normalized spacial score (nSPS) is 16.5. The average Bonchev–Trinajstić information content (AvgIpc) is 2.94. The zero-order valence-corrected chi connectivity index (χ0v) is 12.7. The van der Waals surface area contributed by atoms with Crippen LogP contribution in [0.1, 0.15) is 18.5 Å². The minimum Gasteiger partial charge on any atom is -0.352 e. The molecule has 4 heteroatoms. The number of nitrogens with one attached hydrogen (secondary N) is 1. The minimum atomic E-state index is 0.0439. The molecule has 23 heavy (non-hydrogen) atoms. The molecule has 0 aliphatic carbocycles. The lowest BCUT2D eigenvalue weighted by Crippen LogP contribution is -2.30. The Hall–Kier alpha value is -2.88. The second kappa shape index (κ2) is 4.32. The van der Waals surface area contributed by atoms with Gasteiger partial charge in [0.05, 0.1) is 16.6 Å².